The van der Waals surface area contributed by atoms with Crippen LogP contribution in [-0.2, 0) is 14.3 Å². The number of hydrogen-bond acceptors (Lipinski definition) is 7. The molecule has 0 radical (unpaired) electrons. The minimum Gasteiger partial charge on any atom is -0.464 e. The number of nitrogens with zero attached hydrogens (tertiary/aromatic N) is 3. The quantitative estimate of drug-likeness (QED) is 0.567. The van der Waals surface area contributed by atoms with E-state index >= 15 is 0 Å². The van der Waals surface area contributed by atoms with E-state index in [0.717, 1.165) is 31.7 Å². The van der Waals surface area contributed by atoms with Crippen LogP contribution in [0.4, 0.5) is 5.82 Å². The summed E-state index contributed by atoms with van der Waals surface area (Å²) < 4.78 is 10.4. The van der Waals surface area contributed by atoms with Crippen molar-refractivity contribution in [3.8, 4) is 0 Å². The van der Waals surface area contributed by atoms with Gasteiger partial charge in [0.05, 0.1) is 25.1 Å². The zero-order valence-corrected chi connectivity index (χ0v) is 12.0. The van der Waals surface area contributed by atoms with Crippen molar-refractivity contribution in [1.82, 2.24) is 9.97 Å². The highest BCUT2D eigenvalue weighted by Crippen LogP contribution is 2.18. The molecule has 1 saturated heterocycles. The largest absolute Gasteiger partial charge is 0.464 e. The fourth-order valence-corrected chi connectivity index (χ4v) is 2.20. The number of carbonyl (C=O) groups excluding carboxylic acids is 2. The van der Waals surface area contributed by atoms with E-state index in [2.05, 4.69) is 14.9 Å². The normalized spacial score (nSPS) is 15.8. The van der Waals surface area contributed by atoms with Crippen LogP contribution < -0.4 is 4.90 Å². The number of aromatic nitrogens is 2. The van der Waals surface area contributed by atoms with Gasteiger partial charge in [-0.05, 0) is 19.8 Å². The number of hydrogen-bond donors (Lipinski definition) is 0. The Morgan fingerprint density at radius 3 is 2.71 bits per heavy atom. The van der Waals surface area contributed by atoms with Gasteiger partial charge in [-0.2, -0.15) is 0 Å². The first-order valence-electron chi connectivity index (χ1n) is 7.02. The molecule has 0 N–H and O–H groups in total. The summed E-state index contributed by atoms with van der Waals surface area (Å²) in [5.41, 5.74) is 0.325. The first kappa shape index (κ1) is 15.4. The molecule has 7 nitrogen and oxygen atoms in total. The molecule has 0 saturated carbocycles. The second-order valence-electron chi connectivity index (χ2n) is 4.72. The molecule has 1 aromatic rings. The molecule has 21 heavy (non-hydrogen) atoms. The van der Waals surface area contributed by atoms with Gasteiger partial charge in [0.15, 0.2) is 6.29 Å². The Morgan fingerprint density at radius 2 is 2.14 bits per heavy atom. The molecule has 0 unspecified atom stereocenters. The average Bonchev–Trinajstić information content (AvgIpc) is 2.54. The third-order valence-electron chi connectivity index (χ3n) is 3.29. The van der Waals surface area contributed by atoms with E-state index in [4.69, 9.17) is 9.47 Å². The second kappa shape index (κ2) is 7.68. The number of esters is 1. The lowest BCUT2D eigenvalue weighted by Crippen LogP contribution is -2.38. The monoisotopic (exact) mass is 293 g/mol. The fourth-order valence-electron chi connectivity index (χ4n) is 2.20. The Balaban J connectivity index is 1.77. The van der Waals surface area contributed by atoms with Gasteiger partial charge in [-0.15, -0.1) is 0 Å². The van der Waals surface area contributed by atoms with Crippen molar-refractivity contribution in [2.45, 2.75) is 25.9 Å². The van der Waals surface area contributed by atoms with E-state index in [9.17, 15) is 9.59 Å². The maximum atomic E-state index is 11.2. The number of carbonyl (C=O) groups is 2. The molecule has 2 heterocycles. The maximum absolute atomic E-state index is 11.2. The zero-order valence-electron chi connectivity index (χ0n) is 12.0. The molecule has 0 amide bonds. The minimum atomic E-state index is -0.324. The van der Waals surface area contributed by atoms with Crippen LogP contribution in [0.2, 0.25) is 0 Å². The van der Waals surface area contributed by atoms with Gasteiger partial charge in [-0.1, -0.05) is 0 Å². The van der Waals surface area contributed by atoms with Crippen molar-refractivity contribution in [2.75, 3.05) is 31.2 Å². The molecule has 2 rings (SSSR count). The van der Waals surface area contributed by atoms with E-state index in [1.165, 1.54) is 6.20 Å². The Kier molecular flexibility index (Phi) is 5.62. The Hall–Kier alpha value is -2.02. The lowest BCUT2D eigenvalue weighted by atomic mass is 10.1. The number of piperidine rings is 1. The highest BCUT2D eigenvalue weighted by molar-refractivity contribution is 5.71. The summed E-state index contributed by atoms with van der Waals surface area (Å²) in [6, 6.07) is 0. The van der Waals surface area contributed by atoms with Crippen LogP contribution in [0.3, 0.4) is 0 Å². The van der Waals surface area contributed by atoms with E-state index in [1.54, 1.807) is 13.1 Å². The van der Waals surface area contributed by atoms with Crippen LogP contribution >= 0.6 is 0 Å². The summed E-state index contributed by atoms with van der Waals surface area (Å²) in [4.78, 5) is 32.1. The lowest BCUT2D eigenvalue weighted by Gasteiger charge is -2.32. The second-order valence-corrected chi connectivity index (χ2v) is 4.72. The molecule has 0 atom stereocenters. The van der Waals surface area contributed by atoms with Crippen LogP contribution in [0, 0.1) is 0 Å². The summed E-state index contributed by atoms with van der Waals surface area (Å²) in [5.74, 6) is 0.430. The Bertz CT molecular complexity index is 470. The standard InChI is InChI=1S/C14H19N3O4/c1-2-20-14(19)10-21-12-3-5-17(6-4-12)13-8-15-11(9-18)7-16-13/h7-9,12H,2-6,10H2,1H3. The van der Waals surface area contributed by atoms with Crippen LogP contribution in [0.25, 0.3) is 0 Å². The first-order valence-corrected chi connectivity index (χ1v) is 7.02. The molecule has 0 bridgehead atoms. The number of ether oxygens (including phenoxy) is 2. The minimum absolute atomic E-state index is 0.00629. The van der Waals surface area contributed by atoms with Crippen LogP contribution in [0.1, 0.15) is 30.3 Å². The lowest BCUT2D eigenvalue weighted by molar-refractivity contribution is -0.150. The van der Waals surface area contributed by atoms with Crippen molar-refractivity contribution in [2.24, 2.45) is 0 Å². The predicted molar refractivity (Wildman–Crippen MR) is 75.2 cm³/mol. The molecular formula is C14H19N3O4. The van der Waals surface area contributed by atoms with Gasteiger partial charge >= 0.3 is 5.97 Å². The van der Waals surface area contributed by atoms with Crippen LogP contribution in [-0.4, -0.2) is 54.6 Å². The van der Waals surface area contributed by atoms with Gasteiger partial charge in [0.2, 0.25) is 0 Å². The molecule has 1 aliphatic rings. The SMILES string of the molecule is CCOC(=O)COC1CCN(c2cnc(C=O)cn2)CC1. The van der Waals surface area contributed by atoms with E-state index < -0.39 is 0 Å². The summed E-state index contributed by atoms with van der Waals surface area (Å²) in [6.45, 7) is 3.71. The van der Waals surface area contributed by atoms with Gasteiger partial charge in [0.25, 0.3) is 0 Å². The summed E-state index contributed by atoms with van der Waals surface area (Å²) in [5, 5.41) is 0. The van der Waals surface area contributed by atoms with Gasteiger partial charge in [-0.3, -0.25) is 4.79 Å². The highest BCUT2D eigenvalue weighted by atomic mass is 16.6. The van der Waals surface area contributed by atoms with Crippen LogP contribution in [0.5, 0.6) is 0 Å². The van der Waals surface area contributed by atoms with Gasteiger partial charge < -0.3 is 14.4 Å². The average molecular weight is 293 g/mol. The Morgan fingerprint density at radius 1 is 1.38 bits per heavy atom. The number of anilines is 1. The van der Waals surface area contributed by atoms with Crippen LogP contribution in [0.15, 0.2) is 12.4 Å². The molecule has 0 spiro atoms. The summed E-state index contributed by atoms with van der Waals surface area (Å²) in [7, 11) is 0. The third-order valence-corrected chi connectivity index (χ3v) is 3.29. The van der Waals surface area contributed by atoms with Crippen molar-refractivity contribution in [3.63, 3.8) is 0 Å². The van der Waals surface area contributed by atoms with E-state index in [0.29, 0.717) is 18.6 Å². The number of rotatable bonds is 6. The van der Waals surface area contributed by atoms with Gasteiger partial charge in [-0.25, -0.2) is 14.8 Å². The highest BCUT2D eigenvalue weighted by Gasteiger charge is 2.21. The Labute approximate surface area is 123 Å². The molecule has 114 valence electrons. The molecular weight excluding hydrogens is 274 g/mol. The smallest absolute Gasteiger partial charge is 0.332 e. The van der Waals surface area contributed by atoms with Gasteiger partial charge in [0, 0.05) is 13.1 Å². The zero-order chi connectivity index (χ0) is 15.1. The predicted octanol–water partition coefficient (Wildman–Crippen LogP) is 0.838. The molecule has 1 fully saturated rings. The summed E-state index contributed by atoms with van der Waals surface area (Å²) in [6.07, 6.45) is 5.43. The molecule has 0 aliphatic carbocycles. The van der Waals surface area contributed by atoms with Crippen molar-refractivity contribution >= 4 is 18.1 Å². The summed E-state index contributed by atoms with van der Waals surface area (Å²) >= 11 is 0. The fraction of sp³-hybridized carbons (Fsp3) is 0.571. The van der Waals surface area contributed by atoms with Crippen molar-refractivity contribution in [1.29, 1.82) is 0 Å². The van der Waals surface area contributed by atoms with E-state index in [1.807, 2.05) is 0 Å². The number of aldehydes is 1. The third kappa shape index (κ3) is 4.49. The molecule has 7 heteroatoms. The molecule has 1 aromatic heterocycles. The molecule has 0 aromatic carbocycles. The van der Waals surface area contributed by atoms with Gasteiger partial charge in [0.1, 0.15) is 18.1 Å². The topological polar surface area (TPSA) is 81.6 Å². The maximum Gasteiger partial charge on any atom is 0.332 e. The van der Waals surface area contributed by atoms with Crippen molar-refractivity contribution in [3.05, 3.63) is 18.1 Å². The molecule has 1 aliphatic heterocycles. The van der Waals surface area contributed by atoms with E-state index in [-0.39, 0.29) is 18.7 Å². The first-order chi connectivity index (χ1) is 10.2. The van der Waals surface area contributed by atoms with Crippen molar-refractivity contribution < 1.29 is 19.1 Å².